The quantitative estimate of drug-likeness (QED) is 0.228. The lowest BCUT2D eigenvalue weighted by atomic mass is 10.1. The highest BCUT2D eigenvalue weighted by molar-refractivity contribution is 5.38. The highest BCUT2D eigenvalue weighted by atomic mass is 16.3. The van der Waals surface area contributed by atoms with Gasteiger partial charge in [0.05, 0.1) is 0 Å². The molecule has 0 bridgehead atoms. The third-order valence-electron chi connectivity index (χ3n) is 4.99. The van der Waals surface area contributed by atoms with Gasteiger partial charge >= 0.3 is 0 Å². The Morgan fingerprint density at radius 2 is 1.34 bits per heavy atom. The second-order valence-electron chi connectivity index (χ2n) is 8.26. The molecule has 4 heteroatoms. The Morgan fingerprint density at radius 3 is 1.79 bits per heavy atom. The highest BCUT2D eigenvalue weighted by Crippen LogP contribution is 2.15. The molecule has 1 aromatic rings. The lowest BCUT2D eigenvalue weighted by Gasteiger charge is -2.26. The number of nitroso groups, excluding NO2 is 1. The first kappa shape index (κ1) is 27.7. The SMILES string of the molecule is CCC.CCCN(CCC)CCCCN(Cc1ccc(N=O)cc1)CC(C)CC. The molecule has 0 radical (unpaired) electrons. The van der Waals surface area contributed by atoms with E-state index in [1.54, 1.807) is 0 Å². The van der Waals surface area contributed by atoms with Crippen molar-refractivity contribution in [3.8, 4) is 0 Å². The van der Waals surface area contributed by atoms with Crippen molar-refractivity contribution in [3.05, 3.63) is 34.7 Å². The van der Waals surface area contributed by atoms with Gasteiger partial charge in [0.1, 0.15) is 5.69 Å². The van der Waals surface area contributed by atoms with E-state index in [0.29, 0.717) is 11.6 Å². The van der Waals surface area contributed by atoms with Crippen molar-refractivity contribution in [2.45, 2.75) is 86.6 Å². The smallest absolute Gasteiger partial charge is 0.108 e. The topological polar surface area (TPSA) is 35.9 Å². The predicted octanol–water partition coefficient (Wildman–Crippen LogP) is 7.25. The van der Waals surface area contributed by atoms with Crippen molar-refractivity contribution in [1.29, 1.82) is 0 Å². The second-order valence-corrected chi connectivity index (χ2v) is 8.26. The molecule has 1 atom stereocenters. The average molecular weight is 406 g/mol. The summed E-state index contributed by atoms with van der Waals surface area (Å²) in [7, 11) is 0. The van der Waals surface area contributed by atoms with Crippen molar-refractivity contribution >= 4 is 5.69 Å². The summed E-state index contributed by atoms with van der Waals surface area (Å²) in [4.78, 5) is 15.8. The zero-order valence-corrected chi connectivity index (χ0v) is 20.1. The van der Waals surface area contributed by atoms with Crippen molar-refractivity contribution in [3.63, 3.8) is 0 Å². The normalized spacial score (nSPS) is 12.0. The molecule has 0 saturated carbocycles. The summed E-state index contributed by atoms with van der Waals surface area (Å²) in [6.45, 7) is 20.3. The van der Waals surface area contributed by atoms with Gasteiger partial charge in [-0.05, 0) is 80.7 Å². The molecule has 0 fully saturated rings. The first-order valence-corrected chi connectivity index (χ1v) is 11.9. The maximum Gasteiger partial charge on any atom is 0.108 e. The van der Waals surface area contributed by atoms with E-state index in [4.69, 9.17) is 0 Å². The summed E-state index contributed by atoms with van der Waals surface area (Å²) in [5.41, 5.74) is 1.77. The van der Waals surface area contributed by atoms with E-state index in [2.05, 4.69) is 56.5 Å². The number of nitrogens with zero attached hydrogens (tertiary/aromatic N) is 3. The lowest BCUT2D eigenvalue weighted by molar-refractivity contribution is 0.212. The van der Waals surface area contributed by atoms with Crippen molar-refractivity contribution in [2.24, 2.45) is 11.1 Å². The molecule has 0 aliphatic rings. The fraction of sp³-hybridized carbons (Fsp3) is 0.760. The van der Waals surface area contributed by atoms with Crippen LogP contribution in [0.1, 0.15) is 85.6 Å². The minimum absolute atomic E-state index is 0.508. The fourth-order valence-electron chi connectivity index (χ4n) is 3.36. The summed E-state index contributed by atoms with van der Waals surface area (Å²) in [6, 6.07) is 7.70. The summed E-state index contributed by atoms with van der Waals surface area (Å²) in [6.07, 6.45) is 7.46. The highest BCUT2D eigenvalue weighted by Gasteiger charge is 2.11. The molecule has 0 aromatic heterocycles. The zero-order chi connectivity index (χ0) is 21.9. The van der Waals surface area contributed by atoms with E-state index in [1.165, 1.54) is 63.7 Å². The molecular formula is C25H47N3O. The number of unbranched alkanes of at least 4 members (excludes halogenated alkanes) is 1. The van der Waals surface area contributed by atoms with Crippen LogP contribution >= 0.6 is 0 Å². The van der Waals surface area contributed by atoms with Gasteiger partial charge in [-0.25, -0.2) is 0 Å². The van der Waals surface area contributed by atoms with Gasteiger partial charge in [0.15, 0.2) is 0 Å². The van der Waals surface area contributed by atoms with E-state index in [0.717, 1.165) is 19.6 Å². The Bertz CT molecular complexity index is 483. The minimum atomic E-state index is 0.508. The van der Waals surface area contributed by atoms with Gasteiger partial charge in [-0.15, -0.1) is 4.91 Å². The van der Waals surface area contributed by atoms with E-state index >= 15 is 0 Å². The summed E-state index contributed by atoms with van der Waals surface area (Å²) < 4.78 is 0. The maximum absolute atomic E-state index is 10.6. The van der Waals surface area contributed by atoms with Gasteiger partial charge < -0.3 is 4.90 Å². The molecule has 0 saturated heterocycles. The molecule has 1 unspecified atom stereocenters. The molecule has 1 aromatic carbocycles. The van der Waals surface area contributed by atoms with Crippen LogP contribution in [0, 0.1) is 10.8 Å². The Kier molecular flexibility index (Phi) is 17.9. The Labute approximate surface area is 181 Å². The predicted molar refractivity (Wildman–Crippen MR) is 129 cm³/mol. The standard InChI is InChI=1S/C22H39N3O.C3H8/c1-5-14-24(15-6-2)16-8-9-17-25(18-20(4)7-3)19-21-10-12-22(23-26)13-11-21;1-3-2/h10-13,20H,5-9,14-19H2,1-4H3;3H2,1-2H3. The van der Waals surface area contributed by atoms with Gasteiger partial charge in [0.2, 0.25) is 0 Å². The molecule has 0 amide bonds. The average Bonchev–Trinajstić information content (AvgIpc) is 2.72. The monoisotopic (exact) mass is 405 g/mol. The summed E-state index contributed by atoms with van der Waals surface area (Å²) >= 11 is 0. The lowest BCUT2D eigenvalue weighted by Crippen LogP contribution is -2.30. The van der Waals surface area contributed by atoms with Crippen LogP contribution in [0.5, 0.6) is 0 Å². The number of hydrogen-bond donors (Lipinski definition) is 0. The van der Waals surface area contributed by atoms with Gasteiger partial charge in [0, 0.05) is 13.1 Å². The van der Waals surface area contributed by atoms with Crippen LogP contribution in [0.25, 0.3) is 0 Å². The molecular weight excluding hydrogens is 358 g/mol. The largest absolute Gasteiger partial charge is 0.303 e. The molecule has 29 heavy (non-hydrogen) atoms. The molecule has 0 aliphatic heterocycles. The Hall–Kier alpha value is -1.26. The van der Waals surface area contributed by atoms with Gasteiger partial charge in [-0.2, -0.15) is 0 Å². The van der Waals surface area contributed by atoms with Crippen LogP contribution in [0.3, 0.4) is 0 Å². The number of rotatable bonds is 15. The number of hydrogen-bond acceptors (Lipinski definition) is 4. The van der Waals surface area contributed by atoms with Gasteiger partial charge in [-0.1, -0.05) is 66.5 Å². The van der Waals surface area contributed by atoms with Crippen LogP contribution in [-0.4, -0.2) is 42.5 Å². The number of benzene rings is 1. The van der Waals surface area contributed by atoms with Crippen LogP contribution in [0.4, 0.5) is 5.69 Å². The van der Waals surface area contributed by atoms with Gasteiger partial charge in [0.25, 0.3) is 0 Å². The molecule has 0 heterocycles. The van der Waals surface area contributed by atoms with Crippen LogP contribution < -0.4 is 0 Å². The molecule has 0 N–H and O–H groups in total. The van der Waals surface area contributed by atoms with Crippen LogP contribution in [-0.2, 0) is 6.54 Å². The summed E-state index contributed by atoms with van der Waals surface area (Å²) in [5.74, 6) is 0.711. The Balaban J connectivity index is 0.00000245. The maximum atomic E-state index is 10.6. The van der Waals surface area contributed by atoms with Crippen LogP contribution in [0.2, 0.25) is 0 Å². The third-order valence-corrected chi connectivity index (χ3v) is 4.99. The Morgan fingerprint density at radius 1 is 0.828 bits per heavy atom. The fourth-order valence-corrected chi connectivity index (χ4v) is 3.36. The summed E-state index contributed by atoms with van der Waals surface area (Å²) in [5, 5.41) is 2.99. The van der Waals surface area contributed by atoms with Gasteiger partial charge in [-0.3, -0.25) is 4.90 Å². The molecule has 168 valence electrons. The van der Waals surface area contributed by atoms with Crippen LogP contribution in [0.15, 0.2) is 29.4 Å². The van der Waals surface area contributed by atoms with E-state index < -0.39 is 0 Å². The second kappa shape index (κ2) is 18.7. The minimum Gasteiger partial charge on any atom is -0.303 e. The van der Waals surface area contributed by atoms with E-state index in [9.17, 15) is 4.91 Å². The van der Waals surface area contributed by atoms with E-state index in [-0.39, 0.29) is 0 Å². The molecule has 0 spiro atoms. The first-order chi connectivity index (χ1) is 14.0. The molecule has 1 rings (SSSR count). The van der Waals surface area contributed by atoms with E-state index in [1.807, 2.05) is 24.3 Å². The molecule has 4 nitrogen and oxygen atoms in total. The molecule has 0 aliphatic carbocycles. The third kappa shape index (κ3) is 14.4. The van der Waals surface area contributed by atoms with Crippen molar-refractivity contribution in [2.75, 3.05) is 32.7 Å². The van der Waals surface area contributed by atoms with Crippen molar-refractivity contribution in [1.82, 2.24) is 9.80 Å². The van der Waals surface area contributed by atoms with Crippen molar-refractivity contribution < 1.29 is 0 Å². The zero-order valence-electron chi connectivity index (χ0n) is 20.1. The first-order valence-electron chi connectivity index (χ1n) is 11.9.